The summed E-state index contributed by atoms with van der Waals surface area (Å²) in [5, 5.41) is 28.2. The van der Waals surface area contributed by atoms with Crippen LogP contribution >= 0.6 is 7.82 Å². The molecule has 0 amide bonds. The number of unbranched alkanes of at least 4 members (excludes halogenated alkanes) is 15. The molecule has 1 aromatic heterocycles. The fourth-order valence-electron chi connectivity index (χ4n) is 4.28. The molecule has 1 fully saturated rings. The Hall–Kier alpha value is -0.370. The van der Waals surface area contributed by atoms with E-state index in [4.69, 9.17) is 34.8 Å². The van der Waals surface area contributed by atoms with E-state index < -0.39 is 44.7 Å². The Labute approximate surface area is 267 Å². The summed E-state index contributed by atoms with van der Waals surface area (Å²) in [5.74, 6) is 0.0537. The molecule has 2 heterocycles. The van der Waals surface area contributed by atoms with Gasteiger partial charge in [-0.25, -0.2) is 9.36 Å². The number of aliphatic hydroxyl groups excluding tert-OH is 3. The molecule has 1 saturated heterocycles. The summed E-state index contributed by atoms with van der Waals surface area (Å²) in [5.41, 5.74) is 4.63. The van der Waals surface area contributed by atoms with Crippen LogP contribution in [0.2, 0.25) is 0 Å². The number of nitrogens with zero attached hydrogens (tertiary/aromatic N) is 2. The number of ether oxygens (including phenoxy) is 1. The second kappa shape index (κ2) is 26.1. The van der Waals surface area contributed by atoms with Crippen LogP contribution in [0.25, 0.3) is 0 Å². The number of aromatic nitrogens is 2. The number of hydrogen-bond acceptors (Lipinski definition) is 8. The van der Waals surface area contributed by atoms with Gasteiger partial charge in [0, 0.05) is 6.20 Å². The molecule has 0 spiro atoms. The summed E-state index contributed by atoms with van der Waals surface area (Å²) in [4.78, 5) is 36.6. The first kappa shape index (κ1) is 42.8. The predicted molar refractivity (Wildman–Crippen MR) is 155 cm³/mol. The maximum absolute atomic E-state index is 11.5. The smallest absolute Gasteiger partial charge is 0.394 e. The van der Waals surface area contributed by atoms with Gasteiger partial charge >= 0.3 is 43.1 Å². The third-order valence-electron chi connectivity index (χ3n) is 6.50. The van der Waals surface area contributed by atoms with Gasteiger partial charge in [-0.15, -0.1) is 0 Å². The van der Waals surface area contributed by atoms with E-state index in [9.17, 15) is 15.0 Å². The van der Waals surface area contributed by atoms with Crippen LogP contribution in [-0.2, 0) is 9.30 Å². The van der Waals surface area contributed by atoms with Gasteiger partial charge in [-0.3, -0.25) is 4.57 Å². The summed E-state index contributed by atoms with van der Waals surface area (Å²) < 4.78 is 15.1. The number of aliphatic hydroxyl groups is 3. The topological polar surface area (TPSA) is 209 Å². The fraction of sp³-hybridized carbons (Fsp3) is 0.815. The van der Waals surface area contributed by atoms with Crippen LogP contribution in [0.5, 0.6) is 0 Å². The normalized spacial score (nSPS) is 19.9. The van der Waals surface area contributed by atoms with Crippen molar-refractivity contribution in [3.63, 3.8) is 0 Å². The molecule has 1 aromatic rings. The second-order valence-corrected chi connectivity index (χ2v) is 11.1. The van der Waals surface area contributed by atoms with Crippen LogP contribution in [0.15, 0.2) is 17.1 Å². The Morgan fingerprint density at radius 3 is 1.66 bits per heavy atom. The fourth-order valence-corrected chi connectivity index (χ4v) is 4.28. The van der Waals surface area contributed by atoms with Gasteiger partial charge < -0.3 is 47.4 Å². The summed E-state index contributed by atoms with van der Waals surface area (Å²) in [6, 6.07) is 1.37. The summed E-state index contributed by atoms with van der Waals surface area (Å²) in [6.45, 7) is 5.72. The molecule has 1 aliphatic heterocycles. The molecule has 0 unspecified atom stereocenters. The average molecular weight is 618 g/mol. The molecule has 0 aliphatic carbocycles. The van der Waals surface area contributed by atoms with Crippen molar-refractivity contribution in [1.82, 2.24) is 9.55 Å². The molecule has 0 bridgehead atoms. The van der Waals surface area contributed by atoms with Crippen LogP contribution in [0.3, 0.4) is 0 Å². The Kier molecular flexibility index (Phi) is 27.2. The van der Waals surface area contributed by atoms with E-state index in [-0.39, 0.29) is 35.4 Å². The van der Waals surface area contributed by atoms with Crippen molar-refractivity contribution in [3.05, 3.63) is 29.7 Å². The van der Waals surface area contributed by atoms with Crippen molar-refractivity contribution in [2.75, 3.05) is 12.3 Å². The van der Waals surface area contributed by atoms with Crippen molar-refractivity contribution in [2.24, 2.45) is 0 Å². The van der Waals surface area contributed by atoms with E-state index in [2.05, 4.69) is 18.8 Å². The minimum Gasteiger partial charge on any atom is -0.394 e. The Balaban J connectivity index is 0. The van der Waals surface area contributed by atoms with E-state index in [0.29, 0.717) is 0 Å². The van der Waals surface area contributed by atoms with E-state index >= 15 is 0 Å². The van der Waals surface area contributed by atoms with Crippen LogP contribution < -0.4 is 41.0 Å². The standard InChI is InChI=1S/C18H37.C9H13N3O5.Na.H3O4P/c1-3-5-7-9-11-13-15-17-18-16-14-12-10-8-6-4-2;10-5-1-2-12(9(16)11-5)8-7(15)6(14)4(3-13)17-8;;1-5(2,3)4/h1,3-18H2,2H3;1-2,4,6-8,13-15H,3H2,(H2,10,11,16);;(H3,1,2,3,4)/q-1;;+1;/t;4-,6-,7-,8-;;/m.1../s1. The molecule has 8 N–H and O–H groups in total. The van der Waals surface area contributed by atoms with Gasteiger partial charge in [0.25, 0.3) is 0 Å². The SMILES string of the molecule is Nc1ccn([C@@H]2O[C@H](CO)[C@@H](O)[C@H]2O)c(=O)n1.O=P(O)(O)O.[CH2-]CCCCCCCCCCCCCCCCC.[Na+]. The minimum atomic E-state index is -4.64. The second-order valence-electron chi connectivity index (χ2n) is 10.1. The van der Waals surface area contributed by atoms with Crippen molar-refractivity contribution < 1.29 is 68.9 Å². The molecule has 14 heteroatoms. The van der Waals surface area contributed by atoms with Gasteiger partial charge in [0.05, 0.1) is 6.61 Å². The maximum atomic E-state index is 11.5. The van der Waals surface area contributed by atoms with Gasteiger partial charge in [-0.05, 0) is 6.07 Å². The van der Waals surface area contributed by atoms with Crippen molar-refractivity contribution in [3.8, 4) is 0 Å². The van der Waals surface area contributed by atoms with E-state index in [1.165, 1.54) is 109 Å². The molecular formula is C27H53N3NaO9P. The molecule has 0 saturated carbocycles. The van der Waals surface area contributed by atoms with Gasteiger partial charge in [-0.2, -0.15) is 11.4 Å². The zero-order chi connectivity index (χ0) is 30.4. The molecule has 236 valence electrons. The monoisotopic (exact) mass is 617 g/mol. The Bertz CT molecular complexity index is 835. The molecular weight excluding hydrogens is 564 g/mol. The van der Waals surface area contributed by atoms with Gasteiger partial charge in [0.15, 0.2) is 6.23 Å². The van der Waals surface area contributed by atoms with Crippen LogP contribution in [0.1, 0.15) is 116 Å². The molecule has 0 aromatic carbocycles. The van der Waals surface area contributed by atoms with Crippen molar-refractivity contribution >= 4 is 13.6 Å². The average Bonchev–Trinajstić information content (AvgIpc) is 3.17. The number of rotatable bonds is 17. The molecule has 1 aliphatic rings. The van der Waals surface area contributed by atoms with Gasteiger partial charge in [0.2, 0.25) is 0 Å². The maximum Gasteiger partial charge on any atom is 1.00 e. The summed E-state index contributed by atoms with van der Waals surface area (Å²) >= 11 is 0. The van der Waals surface area contributed by atoms with Crippen LogP contribution in [0, 0.1) is 6.92 Å². The quantitative estimate of drug-likeness (QED) is 0.0557. The van der Waals surface area contributed by atoms with E-state index in [1.54, 1.807) is 0 Å². The zero-order valence-electron chi connectivity index (χ0n) is 25.0. The molecule has 12 nitrogen and oxygen atoms in total. The Morgan fingerprint density at radius 1 is 0.902 bits per heavy atom. The molecule has 4 atom stereocenters. The predicted octanol–water partition coefficient (Wildman–Crippen LogP) is 0.594. The van der Waals surface area contributed by atoms with Gasteiger partial charge in [-0.1, -0.05) is 103 Å². The number of phosphoric acid groups is 1. The Morgan fingerprint density at radius 2 is 1.32 bits per heavy atom. The van der Waals surface area contributed by atoms with E-state index in [1.807, 2.05) is 0 Å². The van der Waals surface area contributed by atoms with Gasteiger partial charge in [0.1, 0.15) is 24.1 Å². The molecule has 2 rings (SSSR count). The molecule has 0 radical (unpaired) electrons. The summed E-state index contributed by atoms with van der Waals surface area (Å²) in [6.07, 6.45) is 19.6. The minimum absolute atomic E-state index is 0. The number of anilines is 1. The van der Waals surface area contributed by atoms with Crippen molar-refractivity contribution in [2.45, 2.75) is 134 Å². The first-order chi connectivity index (χ1) is 19.0. The first-order valence-corrected chi connectivity index (χ1v) is 16.1. The summed E-state index contributed by atoms with van der Waals surface area (Å²) in [7, 11) is -4.64. The van der Waals surface area contributed by atoms with Crippen LogP contribution in [0.4, 0.5) is 5.82 Å². The van der Waals surface area contributed by atoms with E-state index in [0.717, 1.165) is 11.0 Å². The number of hydrogen-bond donors (Lipinski definition) is 7. The number of nitrogen functional groups attached to an aromatic ring is 1. The zero-order valence-corrected chi connectivity index (χ0v) is 27.9. The molecule has 41 heavy (non-hydrogen) atoms. The first-order valence-electron chi connectivity index (χ1n) is 14.5. The largest absolute Gasteiger partial charge is 1.00 e. The third kappa shape index (κ3) is 22.8. The third-order valence-corrected chi connectivity index (χ3v) is 6.50. The van der Waals surface area contributed by atoms with Crippen LogP contribution in [-0.4, -0.2) is 64.5 Å². The number of nitrogens with two attached hydrogens (primary N) is 1. The van der Waals surface area contributed by atoms with Crippen molar-refractivity contribution in [1.29, 1.82) is 0 Å².